The summed E-state index contributed by atoms with van der Waals surface area (Å²) in [6, 6.07) is 0. The Labute approximate surface area is 61.8 Å². The summed E-state index contributed by atoms with van der Waals surface area (Å²) in [6.07, 6.45) is 4.90. The Morgan fingerprint density at radius 2 is 2.20 bits per heavy atom. The average Bonchev–Trinajstić information content (AvgIpc) is 2.41. The van der Waals surface area contributed by atoms with Crippen LogP contribution in [-0.4, -0.2) is 5.78 Å². The summed E-state index contributed by atoms with van der Waals surface area (Å²) in [5.41, 5.74) is 0. The van der Waals surface area contributed by atoms with Gasteiger partial charge in [0.25, 0.3) is 0 Å². The van der Waals surface area contributed by atoms with E-state index in [9.17, 15) is 4.79 Å². The summed E-state index contributed by atoms with van der Waals surface area (Å²) < 4.78 is 0. The Kier molecular flexibility index (Phi) is 1.33. The van der Waals surface area contributed by atoms with Crippen molar-refractivity contribution in [2.75, 3.05) is 0 Å². The molecule has 0 aromatic heterocycles. The third-order valence-electron chi connectivity index (χ3n) is 3.33. The summed E-state index contributed by atoms with van der Waals surface area (Å²) in [4.78, 5) is 11.2. The van der Waals surface area contributed by atoms with Crippen molar-refractivity contribution >= 4 is 5.78 Å². The SMILES string of the molecule is C[C@@H]1C(=O)C[C@@H]2CCC[C@@H]21. The van der Waals surface area contributed by atoms with Crippen LogP contribution in [0.15, 0.2) is 0 Å². The van der Waals surface area contributed by atoms with Gasteiger partial charge in [0.15, 0.2) is 0 Å². The van der Waals surface area contributed by atoms with E-state index in [1.165, 1.54) is 19.3 Å². The van der Waals surface area contributed by atoms with E-state index in [1.807, 2.05) is 0 Å². The van der Waals surface area contributed by atoms with Crippen molar-refractivity contribution in [2.45, 2.75) is 32.6 Å². The number of carbonyl (C=O) groups excluding carboxylic acids is 1. The lowest BCUT2D eigenvalue weighted by molar-refractivity contribution is -0.120. The second-order valence-corrected chi connectivity index (χ2v) is 3.81. The number of hydrogen-bond donors (Lipinski definition) is 0. The Morgan fingerprint density at radius 3 is 2.90 bits per heavy atom. The predicted octanol–water partition coefficient (Wildman–Crippen LogP) is 2.01. The molecule has 0 N–H and O–H groups in total. The van der Waals surface area contributed by atoms with E-state index in [2.05, 4.69) is 6.92 Å². The highest BCUT2D eigenvalue weighted by Gasteiger charge is 2.41. The standard InChI is InChI=1S/C9H14O/c1-6-8-4-2-3-7(8)5-9(6)10/h6-8H,2-5H2,1H3/t6-,7-,8+/m0/s1. The maximum Gasteiger partial charge on any atom is 0.136 e. The van der Waals surface area contributed by atoms with Gasteiger partial charge in [0.1, 0.15) is 5.78 Å². The molecule has 3 atom stereocenters. The van der Waals surface area contributed by atoms with E-state index in [4.69, 9.17) is 0 Å². The zero-order valence-corrected chi connectivity index (χ0v) is 6.47. The lowest BCUT2D eigenvalue weighted by Gasteiger charge is -2.10. The molecule has 0 amide bonds. The molecule has 2 fully saturated rings. The highest BCUT2D eigenvalue weighted by atomic mass is 16.1. The van der Waals surface area contributed by atoms with Crippen LogP contribution in [0.5, 0.6) is 0 Å². The third-order valence-corrected chi connectivity index (χ3v) is 3.33. The van der Waals surface area contributed by atoms with Crippen LogP contribution < -0.4 is 0 Å². The molecule has 0 aliphatic heterocycles. The molecule has 0 bridgehead atoms. The van der Waals surface area contributed by atoms with E-state index >= 15 is 0 Å². The molecule has 0 heterocycles. The molecule has 0 radical (unpaired) electrons. The van der Waals surface area contributed by atoms with E-state index in [0.29, 0.717) is 11.7 Å². The summed E-state index contributed by atoms with van der Waals surface area (Å²) in [5, 5.41) is 0. The lowest BCUT2D eigenvalue weighted by Crippen LogP contribution is -2.09. The number of ketones is 1. The van der Waals surface area contributed by atoms with Crippen molar-refractivity contribution in [3.8, 4) is 0 Å². The van der Waals surface area contributed by atoms with Gasteiger partial charge >= 0.3 is 0 Å². The molecular weight excluding hydrogens is 124 g/mol. The van der Waals surface area contributed by atoms with Crippen molar-refractivity contribution in [1.29, 1.82) is 0 Å². The molecule has 10 heavy (non-hydrogen) atoms. The first kappa shape index (κ1) is 6.38. The van der Waals surface area contributed by atoms with Gasteiger partial charge in [-0.3, -0.25) is 4.79 Å². The Bertz CT molecular complexity index is 162. The monoisotopic (exact) mass is 138 g/mol. The van der Waals surface area contributed by atoms with Gasteiger partial charge < -0.3 is 0 Å². The van der Waals surface area contributed by atoms with Crippen molar-refractivity contribution in [1.82, 2.24) is 0 Å². The third kappa shape index (κ3) is 0.727. The Morgan fingerprint density at radius 1 is 1.40 bits per heavy atom. The highest BCUT2D eigenvalue weighted by molar-refractivity contribution is 5.83. The molecule has 56 valence electrons. The van der Waals surface area contributed by atoms with Crippen LogP contribution in [0.1, 0.15) is 32.6 Å². The summed E-state index contributed by atoms with van der Waals surface area (Å²) in [6.45, 7) is 2.11. The topological polar surface area (TPSA) is 17.1 Å². The van der Waals surface area contributed by atoms with Gasteiger partial charge in [0, 0.05) is 12.3 Å². The quantitative estimate of drug-likeness (QED) is 0.500. The fourth-order valence-corrected chi connectivity index (χ4v) is 2.66. The zero-order valence-electron chi connectivity index (χ0n) is 6.47. The second kappa shape index (κ2) is 2.08. The first-order chi connectivity index (χ1) is 4.79. The first-order valence-electron chi connectivity index (χ1n) is 4.32. The summed E-state index contributed by atoms with van der Waals surface area (Å²) in [5.74, 6) is 2.47. The average molecular weight is 138 g/mol. The minimum absolute atomic E-state index is 0.396. The summed E-state index contributed by atoms with van der Waals surface area (Å²) >= 11 is 0. The predicted molar refractivity (Wildman–Crippen MR) is 39.6 cm³/mol. The van der Waals surface area contributed by atoms with Gasteiger partial charge in [-0.1, -0.05) is 13.3 Å². The number of carbonyl (C=O) groups is 1. The van der Waals surface area contributed by atoms with Crippen LogP contribution in [-0.2, 0) is 4.79 Å². The van der Waals surface area contributed by atoms with Crippen LogP contribution in [0, 0.1) is 17.8 Å². The van der Waals surface area contributed by atoms with Crippen molar-refractivity contribution in [3.63, 3.8) is 0 Å². The second-order valence-electron chi connectivity index (χ2n) is 3.81. The maximum absolute atomic E-state index is 11.2. The number of Topliss-reactive ketones (excluding diaryl/α,β-unsaturated/α-hetero) is 1. The smallest absolute Gasteiger partial charge is 0.136 e. The minimum Gasteiger partial charge on any atom is -0.299 e. The molecule has 1 heteroatoms. The molecule has 0 aromatic carbocycles. The minimum atomic E-state index is 0.396. The fourth-order valence-electron chi connectivity index (χ4n) is 2.66. The summed E-state index contributed by atoms with van der Waals surface area (Å²) in [7, 11) is 0. The van der Waals surface area contributed by atoms with Crippen molar-refractivity contribution in [2.24, 2.45) is 17.8 Å². The van der Waals surface area contributed by atoms with Crippen LogP contribution in [0.4, 0.5) is 0 Å². The van der Waals surface area contributed by atoms with E-state index in [1.54, 1.807) is 0 Å². The highest BCUT2D eigenvalue weighted by Crippen LogP contribution is 2.45. The van der Waals surface area contributed by atoms with Gasteiger partial charge in [0.2, 0.25) is 0 Å². The van der Waals surface area contributed by atoms with Crippen LogP contribution >= 0.6 is 0 Å². The molecule has 2 saturated carbocycles. The van der Waals surface area contributed by atoms with E-state index < -0.39 is 0 Å². The van der Waals surface area contributed by atoms with Gasteiger partial charge in [-0.05, 0) is 24.7 Å². The molecule has 2 aliphatic rings. The fraction of sp³-hybridized carbons (Fsp3) is 0.889. The van der Waals surface area contributed by atoms with Crippen LogP contribution in [0.2, 0.25) is 0 Å². The molecule has 0 aromatic rings. The van der Waals surface area contributed by atoms with Crippen molar-refractivity contribution < 1.29 is 4.79 Å². The Hall–Kier alpha value is -0.330. The molecule has 0 saturated heterocycles. The first-order valence-corrected chi connectivity index (χ1v) is 4.32. The van der Waals surface area contributed by atoms with Gasteiger partial charge in [-0.25, -0.2) is 0 Å². The molecule has 0 unspecified atom stereocenters. The van der Waals surface area contributed by atoms with Crippen molar-refractivity contribution in [3.05, 3.63) is 0 Å². The van der Waals surface area contributed by atoms with E-state index in [-0.39, 0.29) is 0 Å². The lowest BCUT2D eigenvalue weighted by atomic mass is 9.94. The number of hydrogen-bond acceptors (Lipinski definition) is 1. The number of fused-ring (bicyclic) bond motifs is 1. The van der Waals surface area contributed by atoms with Gasteiger partial charge in [-0.15, -0.1) is 0 Å². The molecular formula is C9H14O. The largest absolute Gasteiger partial charge is 0.299 e. The maximum atomic E-state index is 11.2. The molecule has 2 rings (SSSR count). The zero-order chi connectivity index (χ0) is 7.14. The van der Waals surface area contributed by atoms with Gasteiger partial charge in [0.05, 0.1) is 0 Å². The van der Waals surface area contributed by atoms with E-state index in [0.717, 1.165) is 18.3 Å². The molecule has 0 spiro atoms. The Balaban J connectivity index is 2.16. The van der Waals surface area contributed by atoms with Crippen LogP contribution in [0.25, 0.3) is 0 Å². The van der Waals surface area contributed by atoms with Gasteiger partial charge in [-0.2, -0.15) is 0 Å². The molecule has 1 nitrogen and oxygen atoms in total. The molecule has 2 aliphatic carbocycles. The number of rotatable bonds is 0. The normalized spacial score (nSPS) is 46.1. The van der Waals surface area contributed by atoms with Crippen LogP contribution in [0.3, 0.4) is 0 Å².